The lowest BCUT2D eigenvalue weighted by molar-refractivity contribution is -0.138. The number of carboxylic acids is 1. The van der Waals surface area contributed by atoms with Gasteiger partial charge in [-0.2, -0.15) is 10.5 Å². The largest absolute Gasteiger partial charge is 0.481 e. The van der Waals surface area contributed by atoms with Gasteiger partial charge in [0.05, 0.1) is 31.1 Å². The van der Waals surface area contributed by atoms with Gasteiger partial charge in [0, 0.05) is 6.54 Å². The first-order chi connectivity index (χ1) is 9.08. The Kier molecular flexibility index (Phi) is 5.53. The van der Waals surface area contributed by atoms with Gasteiger partial charge in [-0.3, -0.25) is 9.69 Å². The van der Waals surface area contributed by atoms with E-state index in [9.17, 15) is 4.79 Å². The third-order valence-electron chi connectivity index (χ3n) is 2.84. The standard InChI is InChI=1S/C14H15N3O2/c1-11(14(18)19)13-4-2-12(3-5-13)10-17(8-6-15)9-7-16/h2-5,11H,8-10H2,1H3,(H,18,19). The van der Waals surface area contributed by atoms with Crippen LogP contribution in [0, 0.1) is 22.7 Å². The summed E-state index contributed by atoms with van der Waals surface area (Å²) in [5, 5.41) is 26.2. The predicted octanol–water partition coefficient (Wildman–Crippen LogP) is 1.72. The summed E-state index contributed by atoms with van der Waals surface area (Å²) in [6.07, 6.45) is 0. The number of nitrogens with zero attached hydrogens (tertiary/aromatic N) is 3. The van der Waals surface area contributed by atoms with Gasteiger partial charge in [-0.05, 0) is 18.1 Å². The van der Waals surface area contributed by atoms with E-state index in [1.807, 2.05) is 24.3 Å². The van der Waals surface area contributed by atoms with Gasteiger partial charge in [-0.25, -0.2) is 0 Å². The minimum atomic E-state index is -0.858. The molecule has 0 heterocycles. The zero-order valence-electron chi connectivity index (χ0n) is 10.7. The lowest BCUT2D eigenvalue weighted by Gasteiger charge is -2.15. The van der Waals surface area contributed by atoms with Gasteiger partial charge < -0.3 is 5.11 Å². The van der Waals surface area contributed by atoms with Crippen molar-refractivity contribution in [3.05, 3.63) is 35.4 Å². The SMILES string of the molecule is CC(C(=O)O)c1ccc(CN(CC#N)CC#N)cc1. The van der Waals surface area contributed by atoms with Gasteiger partial charge in [-0.1, -0.05) is 24.3 Å². The second kappa shape index (κ2) is 7.15. The Balaban J connectivity index is 2.74. The summed E-state index contributed by atoms with van der Waals surface area (Å²) in [7, 11) is 0. The third-order valence-corrected chi connectivity index (χ3v) is 2.84. The molecule has 1 aromatic rings. The van der Waals surface area contributed by atoms with Crippen molar-refractivity contribution >= 4 is 5.97 Å². The van der Waals surface area contributed by atoms with Gasteiger partial charge in [0.25, 0.3) is 0 Å². The van der Waals surface area contributed by atoms with Gasteiger partial charge in [-0.15, -0.1) is 0 Å². The molecule has 0 radical (unpaired) electrons. The average Bonchev–Trinajstić information content (AvgIpc) is 2.39. The minimum Gasteiger partial charge on any atom is -0.481 e. The highest BCUT2D eigenvalue weighted by atomic mass is 16.4. The molecule has 98 valence electrons. The van der Waals surface area contributed by atoms with E-state index in [1.165, 1.54) is 0 Å². The fourth-order valence-corrected chi connectivity index (χ4v) is 1.68. The maximum Gasteiger partial charge on any atom is 0.310 e. The highest BCUT2D eigenvalue weighted by molar-refractivity contribution is 5.75. The molecule has 1 aromatic carbocycles. The van der Waals surface area contributed by atoms with Crippen molar-refractivity contribution in [3.63, 3.8) is 0 Å². The van der Waals surface area contributed by atoms with Crippen LogP contribution in [0.3, 0.4) is 0 Å². The summed E-state index contributed by atoms with van der Waals surface area (Å²) in [6.45, 7) is 2.53. The van der Waals surface area contributed by atoms with Gasteiger partial charge in [0.15, 0.2) is 0 Å². The molecule has 0 saturated heterocycles. The molecule has 5 nitrogen and oxygen atoms in total. The van der Waals surface area contributed by atoms with Crippen molar-refractivity contribution in [2.24, 2.45) is 0 Å². The number of hydrogen-bond donors (Lipinski definition) is 1. The van der Waals surface area contributed by atoms with E-state index >= 15 is 0 Å². The second-order valence-corrected chi connectivity index (χ2v) is 4.26. The number of rotatable bonds is 6. The number of carbonyl (C=O) groups is 1. The molecular weight excluding hydrogens is 242 g/mol. The fraction of sp³-hybridized carbons (Fsp3) is 0.357. The summed E-state index contributed by atoms with van der Waals surface area (Å²) in [4.78, 5) is 12.6. The van der Waals surface area contributed by atoms with Crippen molar-refractivity contribution < 1.29 is 9.90 Å². The summed E-state index contributed by atoms with van der Waals surface area (Å²) >= 11 is 0. The molecule has 5 heteroatoms. The molecule has 0 aliphatic heterocycles. The van der Waals surface area contributed by atoms with E-state index in [0.29, 0.717) is 6.54 Å². The van der Waals surface area contributed by atoms with Crippen molar-refractivity contribution in [1.82, 2.24) is 4.90 Å². The van der Waals surface area contributed by atoms with Crippen LogP contribution in [0.2, 0.25) is 0 Å². The van der Waals surface area contributed by atoms with Crippen molar-refractivity contribution in [2.45, 2.75) is 19.4 Å². The van der Waals surface area contributed by atoms with E-state index in [4.69, 9.17) is 15.6 Å². The van der Waals surface area contributed by atoms with Crippen molar-refractivity contribution in [2.75, 3.05) is 13.1 Å². The lowest BCUT2D eigenvalue weighted by Crippen LogP contribution is -2.23. The van der Waals surface area contributed by atoms with Crippen LogP contribution in [-0.2, 0) is 11.3 Å². The second-order valence-electron chi connectivity index (χ2n) is 4.26. The quantitative estimate of drug-likeness (QED) is 0.784. The molecule has 1 unspecified atom stereocenters. The number of nitriles is 2. The third kappa shape index (κ3) is 4.42. The first-order valence-electron chi connectivity index (χ1n) is 5.86. The van der Waals surface area contributed by atoms with Crippen LogP contribution in [0.15, 0.2) is 24.3 Å². The molecule has 1 atom stereocenters. The van der Waals surface area contributed by atoms with Crippen LogP contribution in [0.4, 0.5) is 0 Å². The zero-order chi connectivity index (χ0) is 14.3. The smallest absolute Gasteiger partial charge is 0.310 e. The Labute approximate surface area is 112 Å². The molecule has 0 saturated carbocycles. The average molecular weight is 257 g/mol. The molecule has 1 N–H and O–H groups in total. The van der Waals surface area contributed by atoms with Gasteiger partial charge in [0.2, 0.25) is 0 Å². The first kappa shape index (κ1) is 14.7. The van der Waals surface area contributed by atoms with Gasteiger partial charge >= 0.3 is 5.97 Å². The van der Waals surface area contributed by atoms with E-state index in [1.54, 1.807) is 24.0 Å². The Morgan fingerprint density at radius 1 is 1.26 bits per heavy atom. The monoisotopic (exact) mass is 257 g/mol. The molecular formula is C14H15N3O2. The van der Waals surface area contributed by atoms with E-state index in [0.717, 1.165) is 11.1 Å². The Hall–Kier alpha value is -2.37. The maximum absolute atomic E-state index is 10.9. The normalized spacial score (nSPS) is 11.6. The molecule has 0 amide bonds. The molecule has 0 aromatic heterocycles. The highest BCUT2D eigenvalue weighted by Gasteiger charge is 2.13. The molecule has 0 spiro atoms. The van der Waals surface area contributed by atoms with E-state index in [2.05, 4.69) is 0 Å². The molecule has 19 heavy (non-hydrogen) atoms. The summed E-state index contributed by atoms with van der Waals surface area (Å²) in [5.41, 5.74) is 1.69. The van der Waals surface area contributed by atoms with Crippen molar-refractivity contribution in [1.29, 1.82) is 10.5 Å². The Bertz CT molecular complexity index is 495. The van der Waals surface area contributed by atoms with Crippen LogP contribution < -0.4 is 0 Å². The van der Waals surface area contributed by atoms with Crippen molar-refractivity contribution in [3.8, 4) is 12.1 Å². The minimum absolute atomic E-state index is 0.195. The Morgan fingerprint density at radius 2 is 1.79 bits per heavy atom. The first-order valence-corrected chi connectivity index (χ1v) is 5.86. The van der Waals surface area contributed by atoms with Crippen LogP contribution in [0.5, 0.6) is 0 Å². The molecule has 0 fully saturated rings. The highest BCUT2D eigenvalue weighted by Crippen LogP contribution is 2.16. The van der Waals surface area contributed by atoms with E-state index in [-0.39, 0.29) is 13.1 Å². The molecule has 0 aliphatic rings. The number of hydrogen-bond acceptors (Lipinski definition) is 4. The number of carboxylic acid groups (broad SMARTS) is 1. The summed E-state index contributed by atoms with van der Waals surface area (Å²) in [5.74, 6) is -1.40. The predicted molar refractivity (Wildman–Crippen MR) is 69.0 cm³/mol. The number of benzene rings is 1. The lowest BCUT2D eigenvalue weighted by atomic mass is 10.00. The topological polar surface area (TPSA) is 88.1 Å². The van der Waals surface area contributed by atoms with Crippen LogP contribution in [-0.4, -0.2) is 29.1 Å². The Morgan fingerprint density at radius 3 is 2.21 bits per heavy atom. The van der Waals surface area contributed by atoms with E-state index < -0.39 is 11.9 Å². The zero-order valence-corrected chi connectivity index (χ0v) is 10.7. The fourth-order valence-electron chi connectivity index (χ4n) is 1.68. The van der Waals surface area contributed by atoms with Crippen LogP contribution >= 0.6 is 0 Å². The summed E-state index contributed by atoms with van der Waals surface area (Å²) < 4.78 is 0. The molecule has 1 rings (SSSR count). The van der Waals surface area contributed by atoms with Crippen LogP contribution in [0.25, 0.3) is 0 Å². The molecule has 0 aliphatic carbocycles. The van der Waals surface area contributed by atoms with Crippen LogP contribution in [0.1, 0.15) is 24.0 Å². The summed E-state index contributed by atoms with van der Waals surface area (Å²) in [6, 6.07) is 11.2. The maximum atomic E-state index is 10.9. The molecule has 0 bridgehead atoms. The van der Waals surface area contributed by atoms with Gasteiger partial charge in [0.1, 0.15) is 0 Å². The number of aliphatic carboxylic acids is 1.